The van der Waals surface area contributed by atoms with E-state index < -0.39 is 4.84 Å². The second-order valence-electron chi connectivity index (χ2n) is 1.82. The van der Waals surface area contributed by atoms with Crippen LogP contribution in [0, 0.1) is 3.57 Å². The highest BCUT2D eigenvalue weighted by Crippen LogP contribution is 2.28. The Morgan fingerprint density at radius 3 is 2.20 bits per heavy atom. The van der Waals surface area contributed by atoms with Gasteiger partial charge in [-0.15, -0.1) is 23.2 Å². The monoisotopic (exact) mass is 286 g/mol. The minimum atomic E-state index is -0.409. The molecule has 0 amide bonds. The van der Waals surface area contributed by atoms with Gasteiger partial charge in [-0.2, -0.15) is 0 Å². The third-order valence-electron chi connectivity index (χ3n) is 1.14. The van der Waals surface area contributed by atoms with Gasteiger partial charge >= 0.3 is 0 Å². The molecule has 54 valence electrons. The number of benzene rings is 1. The molecule has 0 N–H and O–H groups in total. The average molecular weight is 287 g/mol. The van der Waals surface area contributed by atoms with Gasteiger partial charge in [0.05, 0.1) is 0 Å². The van der Waals surface area contributed by atoms with E-state index in [0.717, 1.165) is 9.13 Å². The van der Waals surface area contributed by atoms with Crippen molar-refractivity contribution >= 4 is 45.8 Å². The minimum absolute atomic E-state index is 0.409. The highest BCUT2D eigenvalue weighted by Gasteiger charge is 2.05. The first kappa shape index (κ1) is 8.62. The predicted octanol–water partition coefficient (Wildman–Crippen LogP) is 3.77. The van der Waals surface area contributed by atoms with Crippen molar-refractivity contribution < 1.29 is 0 Å². The molecule has 0 fully saturated rings. The molecule has 10 heavy (non-hydrogen) atoms. The zero-order valence-electron chi connectivity index (χ0n) is 5.02. The topological polar surface area (TPSA) is 0 Å². The first-order valence-electron chi connectivity index (χ1n) is 2.74. The van der Waals surface area contributed by atoms with Gasteiger partial charge in [-0.25, -0.2) is 0 Å². The predicted molar refractivity (Wildman–Crippen MR) is 53.6 cm³/mol. The largest absolute Gasteiger partial charge is 0.133 e. The smallest absolute Gasteiger partial charge is 0.100 e. The van der Waals surface area contributed by atoms with Crippen molar-refractivity contribution in [2.75, 3.05) is 0 Å². The zero-order valence-corrected chi connectivity index (χ0v) is 8.69. The van der Waals surface area contributed by atoms with E-state index in [1.54, 1.807) is 0 Å². The molecule has 1 aromatic carbocycles. The van der Waals surface area contributed by atoms with Gasteiger partial charge in [0.15, 0.2) is 0 Å². The fourth-order valence-electron chi connectivity index (χ4n) is 0.652. The maximum atomic E-state index is 5.67. The summed E-state index contributed by atoms with van der Waals surface area (Å²) < 4.78 is 1.11. The summed E-state index contributed by atoms with van der Waals surface area (Å²) in [5.41, 5.74) is 0.978. The lowest BCUT2D eigenvalue weighted by atomic mass is 10.2. The van der Waals surface area contributed by atoms with Crippen LogP contribution in [0.15, 0.2) is 24.3 Å². The Kier molecular flexibility index (Phi) is 3.27. The molecule has 0 aliphatic heterocycles. The quantitative estimate of drug-likeness (QED) is 0.545. The van der Waals surface area contributed by atoms with Crippen LogP contribution in [0.4, 0.5) is 0 Å². The fraction of sp³-hybridized carbons (Fsp3) is 0.143. The molecule has 0 aliphatic rings. The summed E-state index contributed by atoms with van der Waals surface area (Å²) in [6.45, 7) is 0. The van der Waals surface area contributed by atoms with E-state index in [0.29, 0.717) is 0 Å². The van der Waals surface area contributed by atoms with Crippen LogP contribution in [-0.4, -0.2) is 0 Å². The molecule has 0 bridgehead atoms. The molecule has 3 heteroatoms. The van der Waals surface area contributed by atoms with E-state index in [1.165, 1.54) is 0 Å². The number of rotatable bonds is 1. The second kappa shape index (κ2) is 3.79. The zero-order chi connectivity index (χ0) is 7.56. The van der Waals surface area contributed by atoms with Gasteiger partial charge in [0.1, 0.15) is 4.84 Å². The Balaban J connectivity index is 3.03. The highest BCUT2D eigenvalue weighted by molar-refractivity contribution is 14.1. The Labute approximate surface area is 83.7 Å². The first-order chi connectivity index (χ1) is 4.72. The fourth-order valence-corrected chi connectivity index (χ4v) is 2.10. The molecule has 0 saturated carbocycles. The van der Waals surface area contributed by atoms with E-state index in [1.807, 2.05) is 24.3 Å². The number of hydrogen-bond acceptors (Lipinski definition) is 0. The molecule has 0 unspecified atom stereocenters. The van der Waals surface area contributed by atoms with Crippen molar-refractivity contribution in [2.24, 2.45) is 0 Å². The third-order valence-corrected chi connectivity index (χ3v) is 2.59. The normalized spacial score (nSPS) is 10.4. The summed E-state index contributed by atoms with van der Waals surface area (Å²) in [7, 11) is 0. The Bertz CT molecular complexity index is 223. The molecule has 0 nitrogen and oxygen atoms in total. The van der Waals surface area contributed by atoms with Gasteiger partial charge in [-0.05, 0) is 34.2 Å². The van der Waals surface area contributed by atoms with Crippen LogP contribution in [0.1, 0.15) is 10.4 Å². The molecule has 0 saturated heterocycles. The lowest BCUT2D eigenvalue weighted by molar-refractivity contribution is 1.32. The van der Waals surface area contributed by atoms with Crippen molar-refractivity contribution in [1.29, 1.82) is 0 Å². The van der Waals surface area contributed by atoms with Crippen molar-refractivity contribution in [3.63, 3.8) is 0 Å². The standard InChI is InChI=1S/C7H5Cl2I/c8-7(9)5-3-1-2-4-6(5)10/h1-4,7H. The maximum absolute atomic E-state index is 5.67. The molecule has 1 aromatic rings. The van der Waals surface area contributed by atoms with Crippen molar-refractivity contribution in [3.05, 3.63) is 33.4 Å². The van der Waals surface area contributed by atoms with Crippen LogP contribution in [0.2, 0.25) is 0 Å². The van der Waals surface area contributed by atoms with E-state index in [-0.39, 0.29) is 0 Å². The van der Waals surface area contributed by atoms with E-state index in [4.69, 9.17) is 23.2 Å². The molecule has 1 rings (SSSR count). The van der Waals surface area contributed by atoms with E-state index in [2.05, 4.69) is 22.6 Å². The van der Waals surface area contributed by atoms with Crippen LogP contribution >= 0.6 is 45.8 Å². The summed E-state index contributed by atoms with van der Waals surface area (Å²) in [4.78, 5) is -0.409. The van der Waals surface area contributed by atoms with E-state index >= 15 is 0 Å². The van der Waals surface area contributed by atoms with Crippen molar-refractivity contribution in [1.82, 2.24) is 0 Å². The van der Waals surface area contributed by atoms with Crippen LogP contribution in [0.25, 0.3) is 0 Å². The molecule has 0 radical (unpaired) electrons. The van der Waals surface area contributed by atoms with Crippen LogP contribution < -0.4 is 0 Å². The summed E-state index contributed by atoms with van der Waals surface area (Å²) in [5.74, 6) is 0. The summed E-state index contributed by atoms with van der Waals surface area (Å²) >= 11 is 13.5. The molecule has 0 aromatic heterocycles. The SMILES string of the molecule is ClC(Cl)c1ccccc1I. The first-order valence-corrected chi connectivity index (χ1v) is 4.69. The Morgan fingerprint density at radius 2 is 1.80 bits per heavy atom. The lowest BCUT2D eigenvalue weighted by Crippen LogP contribution is -1.84. The number of hydrogen-bond donors (Lipinski definition) is 0. The van der Waals surface area contributed by atoms with Crippen LogP contribution in [0.5, 0.6) is 0 Å². The molecular weight excluding hydrogens is 282 g/mol. The van der Waals surface area contributed by atoms with Gasteiger partial charge in [-0.3, -0.25) is 0 Å². The van der Waals surface area contributed by atoms with E-state index in [9.17, 15) is 0 Å². The van der Waals surface area contributed by atoms with Gasteiger partial charge in [0.25, 0.3) is 0 Å². The number of halogens is 3. The summed E-state index contributed by atoms with van der Waals surface area (Å²) in [6, 6.07) is 7.79. The second-order valence-corrected chi connectivity index (χ2v) is 4.08. The maximum Gasteiger partial charge on any atom is 0.133 e. The summed E-state index contributed by atoms with van der Waals surface area (Å²) in [6.07, 6.45) is 0. The third kappa shape index (κ3) is 2.01. The Hall–Kier alpha value is 0.530. The molecule has 0 heterocycles. The molecular formula is C7H5Cl2I. The molecule has 0 atom stereocenters. The van der Waals surface area contributed by atoms with Gasteiger partial charge in [-0.1, -0.05) is 18.2 Å². The van der Waals surface area contributed by atoms with Gasteiger partial charge < -0.3 is 0 Å². The summed E-state index contributed by atoms with van der Waals surface area (Å²) in [5, 5.41) is 0. The number of alkyl halides is 2. The van der Waals surface area contributed by atoms with Crippen LogP contribution in [0.3, 0.4) is 0 Å². The van der Waals surface area contributed by atoms with Crippen LogP contribution in [-0.2, 0) is 0 Å². The molecule has 0 aliphatic carbocycles. The van der Waals surface area contributed by atoms with Gasteiger partial charge in [0, 0.05) is 3.57 Å². The van der Waals surface area contributed by atoms with Crippen molar-refractivity contribution in [2.45, 2.75) is 4.84 Å². The highest BCUT2D eigenvalue weighted by atomic mass is 127. The average Bonchev–Trinajstić information content (AvgIpc) is 1.88. The minimum Gasteiger partial charge on any atom is -0.100 e. The molecule has 0 spiro atoms. The Morgan fingerprint density at radius 1 is 1.20 bits per heavy atom. The lowest BCUT2D eigenvalue weighted by Gasteiger charge is -2.02. The van der Waals surface area contributed by atoms with Gasteiger partial charge in [0.2, 0.25) is 0 Å². The van der Waals surface area contributed by atoms with Crippen molar-refractivity contribution in [3.8, 4) is 0 Å².